The van der Waals surface area contributed by atoms with Gasteiger partial charge in [-0.15, -0.1) is 0 Å². The van der Waals surface area contributed by atoms with Crippen molar-refractivity contribution in [2.24, 2.45) is 0 Å². The molecule has 1 saturated carbocycles. The van der Waals surface area contributed by atoms with E-state index in [0.29, 0.717) is 34.7 Å². The van der Waals surface area contributed by atoms with Crippen LogP contribution in [0.3, 0.4) is 0 Å². The number of hydrogen-bond acceptors (Lipinski definition) is 7. The van der Waals surface area contributed by atoms with Gasteiger partial charge in [0.05, 0.1) is 17.6 Å². The minimum atomic E-state index is -0.615. The van der Waals surface area contributed by atoms with Crippen molar-refractivity contribution in [3.63, 3.8) is 0 Å². The zero-order chi connectivity index (χ0) is 23.1. The maximum absolute atomic E-state index is 14.1. The molecule has 1 aliphatic heterocycles. The van der Waals surface area contributed by atoms with E-state index in [0.717, 1.165) is 43.1 Å². The molecule has 3 aromatic heterocycles. The second-order valence-electron chi connectivity index (χ2n) is 8.90. The van der Waals surface area contributed by atoms with Crippen LogP contribution in [0.4, 0.5) is 26.4 Å². The van der Waals surface area contributed by atoms with Crippen LogP contribution in [0.25, 0.3) is 11.0 Å². The van der Waals surface area contributed by atoms with Crippen LogP contribution in [-0.4, -0.2) is 43.0 Å². The summed E-state index contributed by atoms with van der Waals surface area (Å²) in [6, 6.07) is 5.76. The van der Waals surface area contributed by atoms with Crippen LogP contribution in [0.5, 0.6) is 0 Å². The van der Waals surface area contributed by atoms with Crippen LogP contribution in [0.1, 0.15) is 48.9 Å². The molecule has 4 heterocycles. The highest BCUT2D eigenvalue weighted by Gasteiger charge is 2.26. The van der Waals surface area contributed by atoms with E-state index in [9.17, 15) is 8.78 Å². The van der Waals surface area contributed by atoms with E-state index >= 15 is 0 Å². The summed E-state index contributed by atoms with van der Waals surface area (Å²) < 4.78 is 29.4. The van der Waals surface area contributed by atoms with Gasteiger partial charge in [0.1, 0.15) is 17.5 Å². The van der Waals surface area contributed by atoms with Gasteiger partial charge in [-0.25, -0.2) is 13.5 Å². The minimum Gasteiger partial charge on any atom is -0.350 e. The molecule has 0 spiro atoms. The predicted octanol–water partition coefficient (Wildman–Crippen LogP) is 3.99. The second kappa shape index (κ2) is 8.64. The van der Waals surface area contributed by atoms with Gasteiger partial charge in [0.2, 0.25) is 5.95 Å². The molecule has 0 amide bonds. The molecule has 2 fully saturated rings. The third-order valence-corrected chi connectivity index (χ3v) is 6.42. The number of piperidine rings is 1. The molecule has 9 nitrogen and oxygen atoms in total. The van der Waals surface area contributed by atoms with Gasteiger partial charge in [0.15, 0.2) is 11.5 Å². The normalized spacial score (nSPS) is 16.8. The van der Waals surface area contributed by atoms with E-state index in [1.165, 1.54) is 25.0 Å². The number of halogens is 2. The lowest BCUT2D eigenvalue weighted by Crippen LogP contribution is -2.30. The number of hydrogen-bond donors (Lipinski definition) is 4. The van der Waals surface area contributed by atoms with Crippen molar-refractivity contribution in [1.29, 1.82) is 0 Å². The van der Waals surface area contributed by atoms with E-state index in [4.69, 9.17) is 4.98 Å². The van der Waals surface area contributed by atoms with Crippen molar-refractivity contribution in [2.75, 3.05) is 23.7 Å². The molecular weight excluding hydrogens is 440 g/mol. The molecule has 0 atom stereocenters. The number of H-pyrrole nitrogens is 1. The van der Waals surface area contributed by atoms with E-state index in [1.54, 1.807) is 6.20 Å². The van der Waals surface area contributed by atoms with Gasteiger partial charge in [-0.2, -0.15) is 20.2 Å². The van der Waals surface area contributed by atoms with Crippen molar-refractivity contribution in [2.45, 2.75) is 44.2 Å². The Bertz CT molecular complexity index is 1320. The summed E-state index contributed by atoms with van der Waals surface area (Å²) in [6.07, 6.45) is 6.04. The highest BCUT2D eigenvalue weighted by Crippen LogP contribution is 2.40. The van der Waals surface area contributed by atoms with Gasteiger partial charge >= 0.3 is 0 Å². The summed E-state index contributed by atoms with van der Waals surface area (Å²) in [5.74, 6) is 0.899. The van der Waals surface area contributed by atoms with Crippen molar-refractivity contribution in [1.82, 2.24) is 35.3 Å². The molecule has 1 aliphatic carbocycles. The van der Waals surface area contributed by atoms with E-state index in [2.05, 4.69) is 36.2 Å². The SMILES string of the molecule is Fc1ccc(CNc2nc(Nc3cc(C4CC4)[nH]n3)c3cnn(C4CCNCC4)c3n2)c(F)c1. The average molecular weight is 466 g/mol. The Kier molecular flexibility index (Phi) is 5.33. The quantitative estimate of drug-likeness (QED) is 0.327. The van der Waals surface area contributed by atoms with Crippen molar-refractivity contribution >= 4 is 28.6 Å². The summed E-state index contributed by atoms with van der Waals surface area (Å²) in [5, 5.41) is 22.7. The van der Waals surface area contributed by atoms with Gasteiger partial charge in [0, 0.05) is 35.9 Å². The number of nitrogens with one attached hydrogen (secondary N) is 4. The average Bonchev–Trinajstić information content (AvgIpc) is 3.43. The van der Waals surface area contributed by atoms with Gasteiger partial charge in [-0.1, -0.05) is 6.07 Å². The minimum absolute atomic E-state index is 0.118. The Hall–Kier alpha value is -3.60. The standard InChI is InChI=1S/C23H25F2N9/c24-15-4-3-14(18(25)9-15)11-27-23-30-21(29-20-10-19(32-33-20)13-1-2-13)17-12-28-34(22(17)31-23)16-5-7-26-8-6-16/h3-4,9-10,12-13,16,26H,1-2,5-8,11H2,(H3,27,29,30,31,32,33). The molecule has 0 bridgehead atoms. The Morgan fingerprint density at radius 2 is 1.91 bits per heavy atom. The smallest absolute Gasteiger partial charge is 0.227 e. The van der Waals surface area contributed by atoms with E-state index in [-0.39, 0.29) is 12.6 Å². The molecule has 6 rings (SSSR count). The second-order valence-corrected chi connectivity index (χ2v) is 8.90. The predicted molar refractivity (Wildman–Crippen MR) is 124 cm³/mol. The number of fused-ring (bicyclic) bond motifs is 1. The number of nitrogens with zero attached hydrogens (tertiary/aromatic N) is 5. The summed E-state index contributed by atoms with van der Waals surface area (Å²) in [7, 11) is 0. The lowest BCUT2D eigenvalue weighted by molar-refractivity contribution is 0.350. The zero-order valence-electron chi connectivity index (χ0n) is 18.5. The summed E-state index contributed by atoms with van der Waals surface area (Å²) in [4.78, 5) is 9.35. The number of aromatic nitrogens is 6. The van der Waals surface area contributed by atoms with Crippen molar-refractivity contribution in [3.05, 3.63) is 53.4 Å². The van der Waals surface area contributed by atoms with Crippen LogP contribution in [0.15, 0.2) is 30.5 Å². The molecule has 0 unspecified atom stereocenters. The maximum atomic E-state index is 14.1. The summed E-state index contributed by atoms with van der Waals surface area (Å²) in [5.41, 5.74) is 2.14. The molecule has 4 aromatic rings. The highest BCUT2D eigenvalue weighted by molar-refractivity contribution is 5.89. The summed E-state index contributed by atoms with van der Waals surface area (Å²) >= 11 is 0. The molecule has 1 aromatic carbocycles. The number of anilines is 3. The van der Waals surface area contributed by atoms with Gasteiger partial charge < -0.3 is 16.0 Å². The molecule has 1 saturated heterocycles. The first-order chi connectivity index (χ1) is 16.6. The van der Waals surface area contributed by atoms with Gasteiger partial charge in [-0.3, -0.25) is 5.10 Å². The highest BCUT2D eigenvalue weighted by atomic mass is 19.1. The first-order valence-electron chi connectivity index (χ1n) is 11.6. The molecule has 4 N–H and O–H groups in total. The first-order valence-corrected chi connectivity index (χ1v) is 11.6. The fourth-order valence-corrected chi connectivity index (χ4v) is 4.38. The Balaban J connectivity index is 1.34. The third-order valence-electron chi connectivity index (χ3n) is 6.42. The van der Waals surface area contributed by atoms with Gasteiger partial charge in [0.25, 0.3) is 0 Å². The Labute approximate surface area is 194 Å². The topological polar surface area (TPSA) is 108 Å². The maximum Gasteiger partial charge on any atom is 0.227 e. The fourth-order valence-electron chi connectivity index (χ4n) is 4.38. The summed E-state index contributed by atoms with van der Waals surface area (Å²) in [6.45, 7) is 1.97. The Morgan fingerprint density at radius 3 is 2.71 bits per heavy atom. The van der Waals surface area contributed by atoms with Crippen molar-refractivity contribution in [3.8, 4) is 0 Å². The number of benzene rings is 1. The lowest BCUT2D eigenvalue weighted by Gasteiger charge is -2.23. The lowest BCUT2D eigenvalue weighted by atomic mass is 10.1. The molecule has 2 aliphatic rings. The van der Waals surface area contributed by atoms with E-state index < -0.39 is 11.6 Å². The zero-order valence-corrected chi connectivity index (χ0v) is 18.5. The molecular formula is C23H25F2N9. The largest absolute Gasteiger partial charge is 0.350 e. The number of rotatable bonds is 7. The van der Waals surface area contributed by atoms with Crippen LogP contribution in [-0.2, 0) is 6.54 Å². The van der Waals surface area contributed by atoms with Crippen LogP contribution < -0.4 is 16.0 Å². The molecule has 0 radical (unpaired) electrons. The first kappa shape index (κ1) is 21.0. The molecule has 176 valence electrons. The van der Waals surface area contributed by atoms with Crippen LogP contribution >= 0.6 is 0 Å². The molecule has 34 heavy (non-hydrogen) atoms. The van der Waals surface area contributed by atoms with Crippen LogP contribution in [0, 0.1) is 11.6 Å². The number of aromatic amines is 1. The van der Waals surface area contributed by atoms with Crippen LogP contribution in [0.2, 0.25) is 0 Å². The third kappa shape index (κ3) is 4.18. The fraction of sp³-hybridized carbons (Fsp3) is 0.391. The van der Waals surface area contributed by atoms with Gasteiger partial charge in [-0.05, 0) is 44.8 Å². The Morgan fingerprint density at radius 1 is 1.06 bits per heavy atom. The van der Waals surface area contributed by atoms with Crippen molar-refractivity contribution < 1.29 is 8.78 Å². The van der Waals surface area contributed by atoms with E-state index in [1.807, 2.05) is 10.7 Å². The molecule has 11 heteroatoms. The monoisotopic (exact) mass is 465 g/mol.